The number of furan rings is 1. The number of carbonyl (C=O) groups is 1. The molecule has 1 heterocycles. The van der Waals surface area contributed by atoms with Gasteiger partial charge in [-0.25, -0.2) is 0 Å². The molecule has 2 saturated carbocycles. The zero-order valence-electron chi connectivity index (χ0n) is 9.76. The van der Waals surface area contributed by atoms with Crippen molar-refractivity contribution in [3.05, 3.63) is 24.2 Å². The second-order valence-electron chi connectivity index (χ2n) is 5.29. The second kappa shape index (κ2) is 4.18. The van der Waals surface area contributed by atoms with E-state index in [2.05, 4.69) is 5.32 Å². The highest BCUT2D eigenvalue weighted by molar-refractivity contribution is 5.80. The minimum atomic E-state index is 0.0284. The normalized spacial score (nSPS) is 35.1. The number of nitrogens with two attached hydrogens (primary N) is 1. The molecule has 0 aliphatic heterocycles. The van der Waals surface area contributed by atoms with Crippen molar-refractivity contribution in [3.63, 3.8) is 0 Å². The van der Waals surface area contributed by atoms with Crippen molar-refractivity contribution < 1.29 is 9.21 Å². The lowest BCUT2D eigenvalue weighted by Crippen LogP contribution is -2.45. The first kappa shape index (κ1) is 10.8. The van der Waals surface area contributed by atoms with Gasteiger partial charge in [-0.1, -0.05) is 0 Å². The lowest BCUT2D eigenvalue weighted by atomic mass is 9.84. The first-order valence-corrected chi connectivity index (χ1v) is 6.30. The molecule has 2 bridgehead atoms. The van der Waals surface area contributed by atoms with Crippen molar-refractivity contribution in [1.29, 1.82) is 0 Å². The second-order valence-corrected chi connectivity index (χ2v) is 5.29. The van der Waals surface area contributed by atoms with Crippen LogP contribution in [0.15, 0.2) is 23.0 Å². The van der Waals surface area contributed by atoms with Crippen molar-refractivity contribution >= 4 is 5.91 Å². The fourth-order valence-corrected chi connectivity index (χ4v) is 3.43. The average molecular weight is 234 g/mol. The molecule has 4 nitrogen and oxygen atoms in total. The summed E-state index contributed by atoms with van der Waals surface area (Å²) in [6.45, 7) is 0.538. The van der Waals surface area contributed by atoms with Gasteiger partial charge in [-0.05, 0) is 37.2 Å². The van der Waals surface area contributed by atoms with Gasteiger partial charge < -0.3 is 15.5 Å². The van der Waals surface area contributed by atoms with Crippen LogP contribution in [0.25, 0.3) is 0 Å². The van der Waals surface area contributed by atoms with Crippen LogP contribution in [0.3, 0.4) is 0 Å². The van der Waals surface area contributed by atoms with Crippen LogP contribution in [0.1, 0.15) is 24.8 Å². The van der Waals surface area contributed by atoms with Crippen LogP contribution in [0.2, 0.25) is 0 Å². The van der Waals surface area contributed by atoms with Gasteiger partial charge in [0.05, 0.1) is 18.4 Å². The molecule has 17 heavy (non-hydrogen) atoms. The Labute approximate surface area is 101 Å². The van der Waals surface area contributed by atoms with Gasteiger partial charge in [-0.2, -0.15) is 0 Å². The molecule has 2 aliphatic rings. The number of nitrogens with one attached hydrogen (secondary N) is 1. The maximum Gasteiger partial charge on any atom is 0.225 e. The van der Waals surface area contributed by atoms with E-state index in [0.29, 0.717) is 18.4 Å². The first-order chi connectivity index (χ1) is 8.25. The highest BCUT2D eigenvalue weighted by Gasteiger charge is 2.48. The number of amides is 1. The van der Waals surface area contributed by atoms with Gasteiger partial charge in [0.25, 0.3) is 0 Å². The van der Waals surface area contributed by atoms with Crippen LogP contribution >= 0.6 is 0 Å². The van der Waals surface area contributed by atoms with E-state index >= 15 is 0 Å². The van der Waals surface area contributed by atoms with Crippen molar-refractivity contribution in [2.75, 3.05) is 0 Å². The van der Waals surface area contributed by atoms with Gasteiger partial charge in [-0.3, -0.25) is 4.79 Å². The number of rotatable bonds is 3. The lowest BCUT2D eigenvalue weighted by Gasteiger charge is -2.26. The van der Waals surface area contributed by atoms with E-state index in [1.807, 2.05) is 6.07 Å². The van der Waals surface area contributed by atoms with E-state index in [1.165, 1.54) is 12.8 Å². The van der Waals surface area contributed by atoms with E-state index in [-0.39, 0.29) is 17.9 Å². The van der Waals surface area contributed by atoms with Gasteiger partial charge in [0.15, 0.2) is 0 Å². The molecule has 4 atom stereocenters. The summed E-state index contributed by atoms with van der Waals surface area (Å²) in [5.41, 5.74) is 7.13. The summed E-state index contributed by atoms with van der Waals surface area (Å²) in [5, 5.41) is 2.96. The van der Waals surface area contributed by atoms with Crippen LogP contribution in [-0.4, -0.2) is 11.9 Å². The molecule has 1 aromatic rings. The summed E-state index contributed by atoms with van der Waals surface area (Å²) in [5.74, 6) is 1.23. The van der Waals surface area contributed by atoms with Crippen LogP contribution in [0, 0.1) is 17.8 Å². The Bertz CT molecular complexity index is 400. The molecule has 0 spiro atoms. The van der Waals surface area contributed by atoms with E-state index in [9.17, 15) is 4.79 Å². The quantitative estimate of drug-likeness (QED) is 0.827. The average Bonchev–Trinajstić information content (AvgIpc) is 3.02. The predicted molar refractivity (Wildman–Crippen MR) is 62.9 cm³/mol. The molecular formula is C13H18N2O2. The lowest BCUT2D eigenvalue weighted by molar-refractivity contribution is -0.127. The molecule has 3 rings (SSSR count). The molecule has 92 valence electrons. The minimum absolute atomic E-state index is 0.0284. The summed E-state index contributed by atoms with van der Waals surface area (Å²) in [6.07, 6.45) is 6.79. The monoisotopic (exact) mass is 234 g/mol. The largest absolute Gasteiger partial charge is 0.472 e. The number of hydrogen-bond donors (Lipinski definition) is 2. The maximum absolute atomic E-state index is 12.1. The molecule has 0 aromatic carbocycles. The van der Waals surface area contributed by atoms with E-state index in [0.717, 1.165) is 12.0 Å². The zero-order chi connectivity index (χ0) is 11.8. The third-order valence-corrected chi connectivity index (χ3v) is 4.33. The molecule has 0 radical (unpaired) electrons. The Kier molecular flexibility index (Phi) is 2.67. The Morgan fingerprint density at radius 2 is 2.29 bits per heavy atom. The third-order valence-electron chi connectivity index (χ3n) is 4.33. The summed E-state index contributed by atoms with van der Waals surface area (Å²) in [7, 11) is 0. The first-order valence-electron chi connectivity index (χ1n) is 6.30. The van der Waals surface area contributed by atoms with Gasteiger partial charge in [0.2, 0.25) is 5.91 Å². The fraction of sp³-hybridized carbons (Fsp3) is 0.615. The number of hydrogen-bond acceptors (Lipinski definition) is 3. The Hall–Kier alpha value is -1.29. The van der Waals surface area contributed by atoms with Crippen LogP contribution in [0.4, 0.5) is 0 Å². The Morgan fingerprint density at radius 3 is 2.94 bits per heavy atom. The maximum atomic E-state index is 12.1. The van der Waals surface area contributed by atoms with Crippen molar-refractivity contribution in [1.82, 2.24) is 5.32 Å². The molecule has 1 aromatic heterocycles. The van der Waals surface area contributed by atoms with E-state index in [4.69, 9.17) is 10.2 Å². The highest BCUT2D eigenvalue weighted by Crippen LogP contribution is 2.47. The zero-order valence-corrected chi connectivity index (χ0v) is 9.76. The van der Waals surface area contributed by atoms with Gasteiger partial charge in [0, 0.05) is 18.2 Å². The molecule has 0 saturated heterocycles. The van der Waals surface area contributed by atoms with Gasteiger partial charge in [0.1, 0.15) is 0 Å². The van der Waals surface area contributed by atoms with E-state index < -0.39 is 0 Å². The summed E-state index contributed by atoms with van der Waals surface area (Å²) >= 11 is 0. The Balaban J connectivity index is 1.59. The molecule has 2 aliphatic carbocycles. The van der Waals surface area contributed by atoms with Crippen molar-refractivity contribution in [3.8, 4) is 0 Å². The van der Waals surface area contributed by atoms with Crippen LogP contribution < -0.4 is 11.1 Å². The van der Waals surface area contributed by atoms with E-state index in [1.54, 1.807) is 12.5 Å². The minimum Gasteiger partial charge on any atom is -0.472 e. The van der Waals surface area contributed by atoms with Crippen molar-refractivity contribution in [2.24, 2.45) is 23.5 Å². The van der Waals surface area contributed by atoms with Crippen LogP contribution in [-0.2, 0) is 11.3 Å². The van der Waals surface area contributed by atoms with Crippen molar-refractivity contribution in [2.45, 2.75) is 31.8 Å². The SMILES string of the molecule is NC1C2CCC(C2)C1C(=O)NCc1ccoc1. The third kappa shape index (κ3) is 1.86. The molecule has 4 unspecified atom stereocenters. The molecule has 2 fully saturated rings. The molecular weight excluding hydrogens is 216 g/mol. The smallest absolute Gasteiger partial charge is 0.225 e. The number of carbonyl (C=O) groups excluding carboxylic acids is 1. The standard InChI is InChI=1S/C13H18N2O2/c14-12-10-2-1-9(5-10)11(12)13(16)15-6-8-3-4-17-7-8/h3-4,7,9-12H,1-2,5-6,14H2,(H,15,16). The summed E-state index contributed by atoms with van der Waals surface area (Å²) < 4.78 is 4.97. The van der Waals surface area contributed by atoms with Gasteiger partial charge >= 0.3 is 0 Å². The topological polar surface area (TPSA) is 68.3 Å². The highest BCUT2D eigenvalue weighted by atomic mass is 16.3. The molecule has 4 heteroatoms. The predicted octanol–water partition coefficient (Wildman–Crippen LogP) is 1.27. The number of fused-ring (bicyclic) bond motifs is 2. The Morgan fingerprint density at radius 1 is 1.47 bits per heavy atom. The van der Waals surface area contributed by atoms with Gasteiger partial charge in [-0.15, -0.1) is 0 Å². The summed E-state index contributed by atoms with van der Waals surface area (Å²) in [6, 6.07) is 1.93. The van der Waals surface area contributed by atoms with Crippen LogP contribution in [0.5, 0.6) is 0 Å². The molecule has 3 N–H and O–H groups in total. The summed E-state index contributed by atoms with van der Waals surface area (Å²) in [4.78, 5) is 12.1. The molecule has 1 amide bonds. The fourth-order valence-electron chi connectivity index (χ4n) is 3.43.